The Balaban J connectivity index is 2.97. The smallest absolute Gasteiger partial charge is 0.128 e. The number of pyridine rings is 1. The Kier molecular flexibility index (Phi) is 6.29. The molecule has 1 rings (SSSR count). The van der Waals surface area contributed by atoms with Gasteiger partial charge in [-0.1, -0.05) is 26.7 Å². The van der Waals surface area contributed by atoms with E-state index >= 15 is 0 Å². The molecule has 1 aromatic rings. The molecular formula is C16H28N2O. The minimum atomic E-state index is 0.480. The fourth-order valence-corrected chi connectivity index (χ4v) is 2.85. The molecule has 0 aliphatic heterocycles. The summed E-state index contributed by atoms with van der Waals surface area (Å²) < 4.78 is 5.48. The Hall–Kier alpha value is -1.09. The zero-order valence-corrected chi connectivity index (χ0v) is 13.2. The van der Waals surface area contributed by atoms with Crippen LogP contribution < -0.4 is 10.1 Å². The molecule has 1 heterocycles. The van der Waals surface area contributed by atoms with E-state index in [0.717, 1.165) is 23.4 Å². The van der Waals surface area contributed by atoms with Crippen molar-refractivity contribution in [2.24, 2.45) is 5.92 Å². The Morgan fingerprint density at radius 1 is 1.26 bits per heavy atom. The number of rotatable bonds is 7. The summed E-state index contributed by atoms with van der Waals surface area (Å²) in [5.74, 6) is 1.67. The summed E-state index contributed by atoms with van der Waals surface area (Å²) in [6, 6.07) is 0.480. The van der Waals surface area contributed by atoms with Crippen molar-refractivity contribution in [3.8, 4) is 5.75 Å². The zero-order chi connectivity index (χ0) is 14.4. The highest BCUT2D eigenvalue weighted by Gasteiger charge is 2.20. The molecule has 0 radical (unpaired) electrons. The number of nitrogens with zero attached hydrogens (tertiary/aromatic N) is 1. The number of likely N-dealkylation sites (N-methyl/N-ethyl adjacent to an activating group) is 1. The van der Waals surface area contributed by atoms with Crippen LogP contribution in [-0.4, -0.2) is 25.2 Å². The quantitative estimate of drug-likeness (QED) is 0.820. The average Bonchev–Trinajstić information content (AvgIpc) is 2.42. The van der Waals surface area contributed by atoms with E-state index in [1.54, 1.807) is 7.11 Å². The molecule has 1 N–H and O–H groups in total. The van der Waals surface area contributed by atoms with E-state index in [1.165, 1.54) is 18.4 Å². The largest absolute Gasteiger partial charge is 0.496 e. The molecule has 0 aliphatic rings. The van der Waals surface area contributed by atoms with Gasteiger partial charge in [0.15, 0.2) is 0 Å². The van der Waals surface area contributed by atoms with Gasteiger partial charge in [0, 0.05) is 35.5 Å². The van der Waals surface area contributed by atoms with E-state index in [2.05, 4.69) is 31.1 Å². The number of aromatic nitrogens is 1. The minimum absolute atomic E-state index is 0.480. The van der Waals surface area contributed by atoms with Crippen molar-refractivity contribution in [3.05, 3.63) is 23.0 Å². The highest BCUT2D eigenvalue weighted by atomic mass is 16.5. The third-order valence-electron chi connectivity index (χ3n) is 4.15. The van der Waals surface area contributed by atoms with Crippen LogP contribution in [0.15, 0.2) is 6.20 Å². The number of aryl methyl sites for hydroxylation is 1. The summed E-state index contributed by atoms with van der Waals surface area (Å²) in [7, 11) is 3.78. The van der Waals surface area contributed by atoms with Gasteiger partial charge in [-0.2, -0.15) is 0 Å². The van der Waals surface area contributed by atoms with Gasteiger partial charge in [-0.05, 0) is 26.8 Å². The first-order valence-corrected chi connectivity index (χ1v) is 7.25. The van der Waals surface area contributed by atoms with Gasteiger partial charge in [-0.15, -0.1) is 0 Å². The molecule has 19 heavy (non-hydrogen) atoms. The predicted molar refractivity (Wildman–Crippen MR) is 80.9 cm³/mol. The first-order chi connectivity index (χ1) is 9.08. The van der Waals surface area contributed by atoms with Crippen LogP contribution >= 0.6 is 0 Å². The third kappa shape index (κ3) is 3.69. The first kappa shape index (κ1) is 16.0. The Labute approximate surface area is 117 Å². The van der Waals surface area contributed by atoms with Crippen molar-refractivity contribution in [1.29, 1.82) is 0 Å². The summed E-state index contributed by atoms with van der Waals surface area (Å²) in [6.45, 7) is 8.66. The van der Waals surface area contributed by atoms with E-state index < -0.39 is 0 Å². The van der Waals surface area contributed by atoms with Gasteiger partial charge < -0.3 is 10.1 Å². The molecule has 0 fully saturated rings. The second kappa shape index (κ2) is 7.49. The maximum atomic E-state index is 5.48. The van der Waals surface area contributed by atoms with Gasteiger partial charge >= 0.3 is 0 Å². The maximum absolute atomic E-state index is 5.48. The van der Waals surface area contributed by atoms with Crippen molar-refractivity contribution in [1.82, 2.24) is 10.3 Å². The molecule has 3 heteroatoms. The fourth-order valence-electron chi connectivity index (χ4n) is 2.85. The van der Waals surface area contributed by atoms with Gasteiger partial charge in [-0.25, -0.2) is 0 Å². The molecular weight excluding hydrogens is 236 g/mol. The SMILES string of the molecule is CCC(CC)C(Cc1ncc(C)c(OC)c1C)NC. The summed E-state index contributed by atoms with van der Waals surface area (Å²) in [5, 5.41) is 3.45. The standard InChI is InChI=1S/C16H28N2O/c1-7-13(8-2)15(17-5)9-14-12(4)16(19-6)11(3)10-18-14/h10,13,15,17H,7-9H2,1-6H3. The molecule has 0 aromatic carbocycles. The molecule has 0 saturated carbocycles. The van der Waals surface area contributed by atoms with Crippen LogP contribution in [0.2, 0.25) is 0 Å². The lowest BCUT2D eigenvalue weighted by Crippen LogP contribution is -2.35. The van der Waals surface area contributed by atoms with Gasteiger partial charge in [0.05, 0.1) is 7.11 Å². The number of hydrogen-bond donors (Lipinski definition) is 1. The van der Waals surface area contributed by atoms with Crippen LogP contribution in [0.3, 0.4) is 0 Å². The molecule has 3 nitrogen and oxygen atoms in total. The highest BCUT2D eigenvalue weighted by Crippen LogP contribution is 2.26. The lowest BCUT2D eigenvalue weighted by Gasteiger charge is -2.25. The summed E-state index contributed by atoms with van der Waals surface area (Å²) >= 11 is 0. The molecule has 1 aromatic heterocycles. The van der Waals surface area contributed by atoms with Gasteiger partial charge in [0.2, 0.25) is 0 Å². The minimum Gasteiger partial charge on any atom is -0.496 e. The predicted octanol–water partition coefficient (Wildman–Crippen LogP) is 3.27. The Bertz CT molecular complexity index is 400. The van der Waals surface area contributed by atoms with Gasteiger partial charge in [0.1, 0.15) is 5.75 Å². The second-order valence-electron chi connectivity index (χ2n) is 5.22. The molecule has 108 valence electrons. The second-order valence-corrected chi connectivity index (χ2v) is 5.22. The van der Waals surface area contributed by atoms with Gasteiger partial charge in [0.25, 0.3) is 0 Å². The third-order valence-corrected chi connectivity index (χ3v) is 4.15. The average molecular weight is 264 g/mol. The Morgan fingerprint density at radius 2 is 1.89 bits per heavy atom. The van der Waals surface area contributed by atoms with E-state index in [1.807, 2.05) is 20.2 Å². The number of hydrogen-bond acceptors (Lipinski definition) is 3. The summed E-state index contributed by atoms with van der Waals surface area (Å²) in [4.78, 5) is 4.61. The van der Waals surface area contributed by atoms with Crippen molar-refractivity contribution in [3.63, 3.8) is 0 Å². The highest BCUT2D eigenvalue weighted by molar-refractivity contribution is 5.41. The lowest BCUT2D eigenvalue weighted by atomic mass is 9.90. The van der Waals surface area contributed by atoms with Crippen LogP contribution in [0, 0.1) is 19.8 Å². The van der Waals surface area contributed by atoms with E-state index in [9.17, 15) is 0 Å². The normalized spacial score (nSPS) is 12.8. The first-order valence-electron chi connectivity index (χ1n) is 7.25. The van der Waals surface area contributed by atoms with Crippen LogP contribution in [0.4, 0.5) is 0 Å². The summed E-state index contributed by atoms with van der Waals surface area (Å²) in [5.41, 5.74) is 3.43. The zero-order valence-electron chi connectivity index (χ0n) is 13.2. The maximum Gasteiger partial charge on any atom is 0.128 e. The van der Waals surface area contributed by atoms with E-state index in [-0.39, 0.29) is 0 Å². The topological polar surface area (TPSA) is 34.1 Å². The van der Waals surface area contributed by atoms with Crippen LogP contribution in [-0.2, 0) is 6.42 Å². The number of methoxy groups -OCH3 is 1. The van der Waals surface area contributed by atoms with Gasteiger partial charge in [-0.3, -0.25) is 4.98 Å². The van der Waals surface area contributed by atoms with Crippen molar-refractivity contribution >= 4 is 0 Å². The molecule has 0 saturated heterocycles. The van der Waals surface area contributed by atoms with E-state index in [4.69, 9.17) is 4.74 Å². The van der Waals surface area contributed by atoms with Crippen LogP contribution in [0.1, 0.15) is 43.5 Å². The monoisotopic (exact) mass is 264 g/mol. The lowest BCUT2D eigenvalue weighted by molar-refractivity contribution is 0.345. The molecule has 1 unspecified atom stereocenters. The molecule has 0 bridgehead atoms. The van der Waals surface area contributed by atoms with Crippen molar-refractivity contribution < 1.29 is 4.74 Å². The Morgan fingerprint density at radius 3 is 2.37 bits per heavy atom. The molecule has 0 aliphatic carbocycles. The van der Waals surface area contributed by atoms with E-state index in [0.29, 0.717) is 12.0 Å². The summed E-state index contributed by atoms with van der Waals surface area (Å²) in [6.07, 6.45) is 5.28. The fraction of sp³-hybridized carbons (Fsp3) is 0.688. The van der Waals surface area contributed by atoms with Crippen molar-refractivity contribution in [2.75, 3.05) is 14.2 Å². The van der Waals surface area contributed by atoms with Crippen LogP contribution in [0.5, 0.6) is 5.75 Å². The molecule has 0 spiro atoms. The molecule has 0 amide bonds. The number of ether oxygens (including phenoxy) is 1. The van der Waals surface area contributed by atoms with Crippen LogP contribution in [0.25, 0.3) is 0 Å². The molecule has 1 atom stereocenters. The number of nitrogens with one attached hydrogen (secondary N) is 1. The van der Waals surface area contributed by atoms with Crippen molar-refractivity contribution in [2.45, 2.75) is 53.0 Å².